The van der Waals surface area contributed by atoms with Crippen molar-refractivity contribution < 1.29 is 29.0 Å². The maximum Gasteiger partial charge on any atom is 0.350 e. The topological polar surface area (TPSA) is 106 Å². The molecule has 1 atom stereocenters. The third kappa shape index (κ3) is 6.05. The first-order chi connectivity index (χ1) is 21.2. The number of carbonyl (C=O) groups excluding carboxylic acids is 3. The van der Waals surface area contributed by atoms with Gasteiger partial charge in [-0.25, -0.2) is 9.78 Å². The summed E-state index contributed by atoms with van der Waals surface area (Å²) in [6, 6.07) is 21.4. The van der Waals surface area contributed by atoms with Gasteiger partial charge in [0, 0.05) is 5.56 Å². The lowest BCUT2D eigenvalue weighted by atomic mass is 9.94. The minimum Gasteiger partial charge on any atom is -0.507 e. The summed E-state index contributed by atoms with van der Waals surface area (Å²) in [6.45, 7) is 9.47. The van der Waals surface area contributed by atoms with E-state index in [1.165, 1.54) is 11.0 Å². The average Bonchev–Trinajstić information content (AvgIpc) is 3.55. The molecule has 1 fully saturated rings. The van der Waals surface area contributed by atoms with Crippen molar-refractivity contribution in [3.05, 3.63) is 129 Å². The number of benzene rings is 3. The van der Waals surface area contributed by atoms with Gasteiger partial charge in [0.25, 0.3) is 5.78 Å². The summed E-state index contributed by atoms with van der Waals surface area (Å²) in [6.07, 6.45) is 2.26. The number of ether oxygens (including phenoxy) is 2. The average molecular weight is 609 g/mol. The van der Waals surface area contributed by atoms with Crippen LogP contribution in [-0.2, 0) is 27.4 Å². The Morgan fingerprint density at radius 1 is 1.05 bits per heavy atom. The van der Waals surface area contributed by atoms with Gasteiger partial charge >= 0.3 is 11.9 Å². The smallest absolute Gasteiger partial charge is 0.350 e. The highest BCUT2D eigenvalue weighted by Gasteiger charge is 2.48. The van der Waals surface area contributed by atoms with E-state index in [4.69, 9.17) is 9.47 Å². The first-order valence-corrected chi connectivity index (χ1v) is 15.0. The van der Waals surface area contributed by atoms with Crippen molar-refractivity contribution in [3.63, 3.8) is 0 Å². The SMILES string of the molecule is C=CCOC(=O)c1sc(N2C(=O)C(=O)/C(=C(/O)c3ccc(OCc4ccccc4)c(C)c3)C2c2ccc(CC)cc2)nc1C. The Morgan fingerprint density at radius 3 is 2.43 bits per heavy atom. The van der Waals surface area contributed by atoms with Crippen LogP contribution in [0.15, 0.2) is 91.0 Å². The number of amides is 1. The molecular formula is C35H32N2O6S. The first-order valence-electron chi connectivity index (χ1n) is 14.2. The molecule has 1 N–H and O–H groups in total. The maximum atomic E-state index is 13.6. The molecule has 1 amide bonds. The lowest BCUT2D eigenvalue weighted by molar-refractivity contribution is -0.132. The predicted octanol–water partition coefficient (Wildman–Crippen LogP) is 6.87. The molecule has 9 heteroatoms. The van der Waals surface area contributed by atoms with Crippen LogP contribution in [0.25, 0.3) is 5.76 Å². The fraction of sp³-hybridized carbons (Fsp3) is 0.200. The maximum absolute atomic E-state index is 13.6. The summed E-state index contributed by atoms with van der Waals surface area (Å²) in [5.74, 6) is -1.98. The van der Waals surface area contributed by atoms with Crippen LogP contribution < -0.4 is 9.64 Å². The third-order valence-corrected chi connectivity index (χ3v) is 8.48. The van der Waals surface area contributed by atoms with Gasteiger partial charge in [-0.05, 0) is 60.7 Å². The fourth-order valence-corrected chi connectivity index (χ4v) is 5.99. The van der Waals surface area contributed by atoms with E-state index in [1.807, 2.05) is 68.4 Å². The zero-order chi connectivity index (χ0) is 31.4. The number of aromatic nitrogens is 1. The van der Waals surface area contributed by atoms with E-state index < -0.39 is 23.7 Å². The number of nitrogens with zero attached hydrogens (tertiary/aromatic N) is 2. The highest BCUT2D eigenvalue weighted by Crippen LogP contribution is 2.44. The highest BCUT2D eigenvalue weighted by molar-refractivity contribution is 7.17. The van der Waals surface area contributed by atoms with Crippen LogP contribution in [0.3, 0.4) is 0 Å². The molecule has 1 unspecified atom stereocenters. The molecule has 44 heavy (non-hydrogen) atoms. The van der Waals surface area contributed by atoms with Crippen LogP contribution in [-0.4, -0.2) is 34.4 Å². The molecule has 2 heterocycles. The summed E-state index contributed by atoms with van der Waals surface area (Å²) < 4.78 is 11.2. The molecule has 4 aromatic rings. The minimum atomic E-state index is -0.974. The second-order valence-electron chi connectivity index (χ2n) is 10.3. The summed E-state index contributed by atoms with van der Waals surface area (Å²) in [7, 11) is 0. The van der Waals surface area contributed by atoms with E-state index in [9.17, 15) is 19.5 Å². The Hall–Kier alpha value is -5.02. The Labute approximate surface area is 259 Å². The molecule has 8 nitrogen and oxygen atoms in total. The lowest BCUT2D eigenvalue weighted by Gasteiger charge is -2.23. The van der Waals surface area contributed by atoms with Gasteiger partial charge < -0.3 is 14.6 Å². The van der Waals surface area contributed by atoms with Crippen molar-refractivity contribution in [2.45, 2.75) is 39.8 Å². The third-order valence-electron chi connectivity index (χ3n) is 7.34. The van der Waals surface area contributed by atoms with E-state index in [-0.39, 0.29) is 27.9 Å². The number of aryl methyl sites for hydroxylation is 3. The van der Waals surface area contributed by atoms with Crippen molar-refractivity contribution in [2.75, 3.05) is 11.5 Å². The van der Waals surface area contributed by atoms with Crippen molar-refractivity contribution in [1.82, 2.24) is 4.98 Å². The summed E-state index contributed by atoms with van der Waals surface area (Å²) in [5, 5.41) is 11.8. The van der Waals surface area contributed by atoms with Gasteiger partial charge in [-0.15, -0.1) is 0 Å². The van der Waals surface area contributed by atoms with E-state index in [0.717, 1.165) is 34.4 Å². The minimum absolute atomic E-state index is 0.0231. The number of thiazole rings is 1. The van der Waals surface area contributed by atoms with Crippen LogP contribution in [0, 0.1) is 13.8 Å². The van der Waals surface area contributed by atoms with E-state index >= 15 is 0 Å². The molecule has 1 aliphatic rings. The number of Topliss-reactive ketones (excluding diaryl/α,β-unsaturated/α-hetero) is 1. The van der Waals surface area contributed by atoms with Gasteiger partial charge in [-0.1, -0.05) is 85.5 Å². The number of hydrogen-bond donors (Lipinski definition) is 1. The number of esters is 1. The summed E-state index contributed by atoms with van der Waals surface area (Å²) in [5.41, 5.74) is 4.12. The van der Waals surface area contributed by atoms with Crippen LogP contribution in [0.4, 0.5) is 5.13 Å². The molecule has 1 saturated heterocycles. The number of aliphatic hydroxyl groups is 1. The molecule has 3 aromatic carbocycles. The second-order valence-corrected chi connectivity index (χ2v) is 11.3. The Kier molecular flexibility index (Phi) is 9.06. The molecular weight excluding hydrogens is 576 g/mol. The lowest BCUT2D eigenvalue weighted by Crippen LogP contribution is -2.29. The summed E-state index contributed by atoms with van der Waals surface area (Å²) >= 11 is 0.957. The van der Waals surface area contributed by atoms with Crippen molar-refractivity contribution in [2.24, 2.45) is 0 Å². The largest absolute Gasteiger partial charge is 0.507 e. The quantitative estimate of drug-likeness (QED) is 0.0689. The Bertz CT molecular complexity index is 1760. The van der Waals surface area contributed by atoms with Crippen LogP contribution >= 0.6 is 11.3 Å². The van der Waals surface area contributed by atoms with Crippen molar-refractivity contribution in [3.8, 4) is 5.75 Å². The second kappa shape index (κ2) is 13.1. The number of aliphatic hydroxyl groups excluding tert-OH is 1. The van der Waals surface area contributed by atoms with Crippen LogP contribution in [0.1, 0.15) is 56.1 Å². The van der Waals surface area contributed by atoms with Crippen molar-refractivity contribution >= 4 is 39.9 Å². The highest BCUT2D eigenvalue weighted by atomic mass is 32.1. The number of carbonyl (C=O) groups is 3. The summed E-state index contributed by atoms with van der Waals surface area (Å²) in [4.78, 5) is 45.8. The fourth-order valence-electron chi connectivity index (χ4n) is 5.01. The van der Waals surface area contributed by atoms with Gasteiger partial charge in [0.1, 0.15) is 29.6 Å². The number of anilines is 1. The number of hydrogen-bond acceptors (Lipinski definition) is 8. The molecule has 224 valence electrons. The predicted molar refractivity (Wildman–Crippen MR) is 170 cm³/mol. The number of rotatable bonds is 10. The van der Waals surface area contributed by atoms with Gasteiger partial charge in [0.2, 0.25) is 0 Å². The van der Waals surface area contributed by atoms with Gasteiger partial charge in [-0.3, -0.25) is 14.5 Å². The van der Waals surface area contributed by atoms with Crippen molar-refractivity contribution in [1.29, 1.82) is 0 Å². The van der Waals surface area contributed by atoms with Gasteiger partial charge in [0.15, 0.2) is 5.13 Å². The van der Waals surface area contributed by atoms with E-state index in [1.54, 1.807) is 25.1 Å². The Balaban J connectivity index is 1.56. The van der Waals surface area contributed by atoms with Crippen LogP contribution in [0.2, 0.25) is 0 Å². The molecule has 5 rings (SSSR count). The van der Waals surface area contributed by atoms with E-state index in [0.29, 0.717) is 29.2 Å². The van der Waals surface area contributed by atoms with E-state index in [2.05, 4.69) is 11.6 Å². The van der Waals surface area contributed by atoms with Crippen LogP contribution in [0.5, 0.6) is 5.75 Å². The van der Waals surface area contributed by atoms with Gasteiger partial charge in [-0.2, -0.15) is 0 Å². The first kappa shape index (κ1) is 30.4. The monoisotopic (exact) mass is 608 g/mol. The molecule has 1 aromatic heterocycles. The zero-order valence-electron chi connectivity index (χ0n) is 24.7. The van der Waals surface area contributed by atoms with Gasteiger partial charge in [0.05, 0.1) is 17.3 Å². The molecule has 0 saturated carbocycles. The normalized spacial score (nSPS) is 15.8. The number of ketones is 1. The zero-order valence-corrected chi connectivity index (χ0v) is 25.5. The molecule has 0 aliphatic carbocycles. The Morgan fingerprint density at radius 2 is 1.77 bits per heavy atom. The molecule has 0 bridgehead atoms. The molecule has 1 aliphatic heterocycles. The standard InChI is InChI=1S/C35H32N2O6S/c1-5-18-42-34(41)32-22(4)36-35(44-32)37-29(25-14-12-23(6-2)13-15-25)28(31(39)33(37)40)30(38)26-16-17-27(21(3)19-26)43-20-24-10-8-7-9-11-24/h5,7-17,19,29,38H,1,6,18,20H2,2-4H3/b30-28+. The molecule has 0 radical (unpaired) electrons. The molecule has 0 spiro atoms.